The van der Waals surface area contributed by atoms with Crippen LogP contribution in [0.25, 0.3) is 10.4 Å². The minimum absolute atomic E-state index is 0. The van der Waals surface area contributed by atoms with Crippen LogP contribution in [-0.2, 0) is 46.1 Å². The van der Waals surface area contributed by atoms with E-state index in [9.17, 15) is 19.8 Å². The predicted octanol–water partition coefficient (Wildman–Crippen LogP) is 4.53. The summed E-state index contributed by atoms with van der Waals surface area (Å²) >= 11 is 0. The molecular weight excluding hydrogens is 715 g/mol. The monoisotopic (exact) mass is 764 g/mol. The normalized spacial score (nSPS) is 12.2. The van der Waals surface area contributed by atoms with Crippen LogP contribution in [0.15, 0.2) is 58.8 Å². The van der Waals surface area contributed by atoms with Crippen molar-refractivity contribution in [2.24, 2.45) is 9.98 Å². The molecule has 0 aliphatic heterocycles. The zero-order chi connectivity index (χ0) is 32.7. The maximum Gasteiger partial charge on any atom is 2.00 e. The van der Waals surface area contributed by atoms with Crippen LogP contribution in [0, 0.1) is 5.53 Å². The molecule has 0 fully saturated rings. The molecule has 2 aromatic rings. The SMILES string of the molecule is C[N+](C)(C)CCCCC(N=Cc1ccccn1)C(=O)O.C[N+](C)(C)CCCCC(N=Cc1ccccn1)C(=O)O.[Cu+2].[N-]=[N+]=N.[Ru+2]. The first-order valence-electron chi connectivity index (χ1n) is 14.1. The average Bonchev–Trinajstić information content (AvgIpc) is 2.92. The Hall–Kier alpha value is -3.05. The second kappa shape index (κ2) is 26.2. The number of aliphatic carboxylic acids is 2. The smallest absolute Gasteiger partial charge is 0.480 e. The Kier molecular flexibility index (Phi) is 27.0. The number of nitrogens with zero attached hydrogens (tertiary/aromatic N) is 8. The van der Waals surface area contributed by atoms with Gasteiger partial charge in [0.05, 0.1) is 66.8 Å². The summed E-state index contributed by atoms with van der Waals surface area (Å²) in [4.78, 5) is 40.6. The van der Waals surface area contributed by atoms with E-state index in [0.29, 0.717) is 24.2 Å². The number of pyridine rings is 2. The van der Waals surface area contributed by atoms with Gasteiger partial charge in [0, 0.05) is 24.8 Å². The van der Waals surface area contributed by atoms with E-state index in [2.05, 4.69) is 62.2 Å². The third-order valence-corrected chi connectivity index (χ3v) is 5.83. The number of carboxylic acids is 2. The first-order chi connectivity index (χ1) is 20.2. The van der Waals surface area contributed by atoms with Gasteiger partial charge in [-0.15, -0.1) is 5.53 Å². The zero-order valence-corrected chi connectivity index (χ0v) is 29.7. The summed E-state index contributed by atoms with van der Waals surface area (Å²) in [6.45, 7) is 2.08. The predicted molar refractivity (Wildman–Crippen MR) is 169 cm³/mol. The fraction of sp³-hybridized carbons (Fsp3) is 0.533. The van der Waals surface area contributed by atoms with Crippen LogP contribution >= 0.6 is 0 Å². The van der Waals surface area contributed by atoms with Gasteiger partial charge in [-0.05, 0) is 73.2 Å². The number of hydrogen-bond donors (Lipinski definition) is 3. The number of unbranched alkanes of at least 4 members (excludes halogenated alkanes) is 2. The molecule has 45 heavy (non-hydrogen) atoms. The Bertz CT molecular complexity index is 1070. The quantitative estimate of drug-likeness (QED) is 0.0429. The standard InChI is InChI=1S/2C15H23N3O2.Cu.HN3.Ru/c2*1-18(2,3)11-7-5-9-14(15(19)20)17-12-13-8-4-6-10-16-13;;1-3-2;/h2*4,6,8,10,12,14H,5,7,9,11H2,1-3H3;;1H;/q;;+2;;+2/p+2. The number of carbonyl (C=O) groups is 2. The van der Waals surface area contributed by atoms with Crippen LogP contribution in [0.4, 0.5) is 0 Å². The van der Waals surface area contributed by atoms with Crippen LogP contribution in [-0.4, -0.2) is 121 Å². The molecule has 2 aromatic heterocycles. The maximum absolute atomic E-state index is 11.2. The zero-order valence-electron chi connectivity index (χ0n) is 27.0. The second-order valence-electron chi connectivity index (χ2n) is 11.9. The summed E-state index contributed by atoms with van der Waals surface area (Å²) in [5.74, 6) is -1.75. The van der Waals surface area contributed by atoms with Gasteiger partial charge in [-0.2, -0.15) is 0 Å². The van der Waals surface area contributed by atoms with Crippen molar-refractivity contribution in [3.05, 3.63) is 70.6 Å². The Labute approximate surface area is 290 Å². The molecule has 0 saturated heterocycles. The summed E-state index contributed by atoms with van der Waals surface area (Å²) in [6, 6.07) is 9.59. The first-order valence-corrected chi connectivity index (χ1v) is 14.1. The molecule has 1 radical (unpaired) electrons. The summed E-state index contributed by atoms with van der Waals surface area (Å²) in [5, 5.41) is 18.3. The molecule has 0 spiro atoms. The van der Waals surface area contributed by atoms with Crippen molar-refractivity contribution in [3.8, 4) is 0 Å². The summed E-state index contributed by atoms with van der Waals surface area (Å²) in [6.07, 6.45) is 11.3. The molecule has 251 valence electrons. The van der Waals surface area contributed by atoms with Gasteiger partial charge in [-0.3, -0.25) is 20.0 Å². The molecule has 0 aliphatic carbocycles. The largest absolute Gasteiger partial charge is 2.00 e. The maximum atomic E-state index is 11.2. The molecule has 15 heteroatoms. The number of carboxylic acid groups (broad SMARTS) is 2. The van der Waals surface area contributed by atoms with Gasteiger partial charge in [-0.25, -0.2) is 9.59 Å². The fourth-order valence-corrected chi connectivity index (χ4v) is 3.61. The Morgan fingerprint density at radius 3 is 1.38 bits per heavy atom. The Morgan fingerprint density at radius 2 is 1.13 bits per heavy atom. The van der Waals surface area contributed by atoms with E-state index in [-0.39, 0.29) is 36.5 Å². The van der Waals surface area contributed by atoms with E-state index in [4.69, 9.17) is 11.1 Å². The molecule has 2 unspecified atom stereocenters. The van der Waals surface area contributed by atoms with Gasteiger partial charge in [0.15, 0.2) is 0 Å². The van der Waals surface area contributed by atoms with Crippen molar-refractivity contribution < 1.29 is 65.3 Å². The molecule has 0 saturated carbocycles. The number of nitrogens with one attached hydrogen (secondary N) is 1. The van der Waals surface area contributed by atoms with Crippen molar-refractivity contribution >= 4 is 24.4 Å². The first kappa shape index (κ1) is 46.4. The molecular formula is C30H49CuN9O4Ru+6. The Balaban J connectivity index is -0.000000692. The molecule has 13 nitrogen and oxygen atoms in total. The van der Waals surface area contributed by atoms with E-state index in [0.717, 1.165) is 47.7 Å². The molecule has 0 amide bonds. The third kappa shape index (κ3) is 28.2. The van der Waals surface area contributed by atoms with E-state index in [1.165, 1.54) is 0 Å². The third-order valence-electron chi connectivity index (χ3n) is 5.83. The number of rotatable bonds is 16. The molecule has 2 heterocycles. The number of aliphatic imine (C=N–C) groups is 2. The number of hydrogen-bond acceptors (Lipinski definition) is 7. The van der Waals surface area contributed by atoms with Crippen molar-refractivity contribution in [2.75, 3.05) is 55.4 Å². The van der Waals surface area contributed by atoms with Crippen LogP contribution in [0.2, 0.25) is 0 Å². The topological polar surface area (TPSA) is 185 Å². The van der Waals surface area contributed by atoms with E-state index in [1.807, 2.05) is 24.3 Å². The van der Waals surface area contributed by atoms with Gasteiger partial charge >= 0.3 is 48.5 Å². The summed E-state index contributed by atoms with van der Waals surface area (Å²) in [7, 11) is 12.8. The van der Waals surface area contributed by atoms with E-state index < -0.39 is 24.0 Å². The number of aromatic nitrogens is 2. The summed E-state index contributed by atoms with van der Waals surface area (Å²) < 4.78 is 1.80. The van der Waals surface area contributed by atoms with Crippen LogP contribution in [0.5, 0.6) is 0 Å². The van der Waals surface area contributed by atoms with Crippen LogP contribution < -0.4 is 0 Å². The van der Waals surface area contributed by atoms with E-state index in [1.54, 1.807) is 41.9 Å². The second-order valence-corrected chi connectivity index (χ2v) is 11.9. The Morgan fingerprint density at radius 1 is 0.800 bits per heavy atom. The van der Waals surface area contributed by atoms with Crippen molar-refractivity contribution in [2.45, 2.75) is 50.6 Å². The molecule has 3 N–H and O–H groups in total. The van der Waals surface area contributed by atoms with Crippen molar-refractivity contribution in [1.82, 2.24) is 9.97 Å². The van der Waals surface area contributed by atoms with Gasteiger partial charge in [0.2, 0.25) is 0 Å². The van der Waals surface area contributed by atoms with Gasteiger partial charge in [-0.1, -0.05) is 12.1 Å². The van der Waals surface area contributed by atoms with Gasteiger partial charge in [0.1, 0.15) is 12.1 Å². The minimum atomic E-state index is -0.873. The minimum Gasteiger partial charge on any atom is -0.480 e. The number of quaternary nitrogens is 2. The van der Waals surface area contributed by atoms with Gasteiger partial charge < -0.3 is 19.2 Å². The van der Waals surface area contributed by atoms with Crippen LogP contribution in [0.3, 0.4) is 0 Å². The van der Waals surface area contributed by atoms with E-state index >= 15 is 0 Å². The molecule has 0 aromatic carbocycles. The molecule has 0 aliphatic rings. The molecule has 2 rings (SSSR count). The van der Waals surface area contributed by atoms with Crippen molar-refractivity contribution in [3.63, 3.8) is 0 Å². The summed E-state index contributed by atoms with van der Waals surface area (Å²) in [5.41, 5.74) is 13.6. The van der Waals surface area contributed by atoms with Crippen LogP contribution in [0.1, 0.15) is 49.9 Å². The van der Waals surface area contributed by atoms with Gasteiger partial charge in [0.25, 0.3) is 0 Å². The fourth-order valence-electron chi connectivity index (χ4n) is 3.61. The molecule has 2 atom stereocenters. The average molecular weight is 764 g/mol. The van der Waals surface area contributed by atoms with Crippen molar-refractivity contribution in [1.29, 1.82) is 5.53 Å². The molecule has 0 bridgehead atoms.